The number of nitriles is 1. The van der Waals surface area contributed by atoms with Crippen molar-refractivity contribution in [3.8, 4) is 17.2 Å². The normalized spacial score (nSPS) is 10.9. The first-order valence-electron chi connectivity index (χ1n) is 9.99. The number of nitrogens with zero attached hydrogens (tertiary/aromatic N) is 4. The highest BCUT2D eigenvalue weighted by Gasteiger charge is 2.15. The second kappa shape index (κ2) is 8.40. The molecular weight excluding hydrogens is 395 g/mol. The van der Waals surface area contributed by atoms with E-state index in [1.807, 2.05) is 13.0 Å². The first kappa shape index (κ1) is 20.3. The maximum atomic E-state index is 14.6. The van der Waals surface area contributed by atoms with Crippen LogP contribution in [0.3, 0.4) is 0 Å². The molecule has 0 amide bonds. The molecule has 0 bridgehead atoms. The second-order valence-electron chi connectivity index (χ2n) is 7.29. The number of anilines is 1. The lowest BCUT2D eigenvalue weighted by molar-refractivity contribution is 0.607. The van der Waals surface area contributed by atoms with E-state index in [2.05, 4.69) is 27.2 Å². The zero-order chi connectivity index (χ0) is 22.0. The number of halogens is 1. The van der Waals surface area contributed by atoms with Crippen LogP contribution in [0.25, 0.3) is 16.8 Å². The van der Waals surface area contributed by atoms with Gasteiger partial charge in [-0.15, -0.1) is 0 Å². The molecule has 3 heterocycles. The Morgan fingerprint density at radius 3 is 2.87 bits per heavy atom. The molecule has 0 unspecified atom stereocenters. The molecular formula is C23H21FN6O. The van der Waals surface area contributed by atoms with E-state index >= 15 is 0 Å². The highest BCUT2D eigenvalue weighted by atomic mass is 19.1. The molecule has 2 N–H and O–H groups in total. The molecule has 0 spiro atoms. The summed E-state index contributed by atoms with van der Waals surface area (Å²) in [6.45, 7) is 4.29. The Morgan fingerprint density at radius 1 is 1.29 bits per heavy atom. The van der Waals surface area contributed by atoms with Gasteiger partial charge < -0.3 is 10.3 Å². The lowest BCUT2D eigenvalue weighted by Gasteiger charge is -2.15. The van der Waals surface area contributed by atoms with Crippen LogP contribution in [-0.4, -0.2) is 19.4 Å². The summed E-state index contributed by atoms with van der Waals surface area (Å²) >= 11 is 0. The van der Waals surface area contributed by atoms with Crippen molar-refractivity contribution in [3.05, 3.63) is 81.4 Å². The number of fused-ring (bicyclic) bond motifs is 1. The van der Waals surface area contributed by atoms with E-state index in [4.69, 9.17) is 0 Å². The third kappa shape index (κ3) is 3.90. The molecule has 0 radical (unpaired) electrons. The molecule has 4 aromatic rings. The molecule has 0 aliphatic rings. The van der Waals surface area contributed by atoms with Crippen LogP contribution in [0.4, 0.5) is 10.3 Å². The molecule has 0 fully saturated rings. The summed E-state index contributed by atoms with van der Waals surface area (Å²) < 4.78 is 16.3. The zero-order valence-electron chi connectivity index (χ0n) is 17.2. The van der Waals surface area contributed by atoms with Gasteiger partial charge in [-0.05, 0) is 42.2 Å². The summed E-state index contributed by atoms with van der Waals surface area (Å²) in [7, 11) is 0. The highest BCUT2D eigenvalue weighted by molar-refractivity contribution is 5.78. The average molecular weight is 416 g/mol. The Kier molecular flexibility index (Phi) is 5.50. The third-order valence-corrected chi connectivity index (χ3v) is 5.22. The number of aromatic amines is 1. The van der Waals surface area contributed by atoms with E-state index < -0.39 is 0 Å². The van der Waals surface area contributed by atoms with Crippen LogP contribution in [0.2, 0.25) is 0 Å². The number of hydrogen-bond donors (Lipinski definition) is 2. The lowest BCUT2D eigenvalue weighted by Crippen LogP contribution is -2.11. The molecule has 0 atom stereocenters. The Bertz CT molecular complexity index is 1360. The maximum Gasteiger partial charge on any atom is 0.248 e. The van der Waals surface area contributed by atoms with E-state index in [0.29, 0.717) is 28.3 Å². The SMILES string of the molecule is CCCc1c(C)ccc(F)c1CNc1ncc(-c2cc[nH]c(=O)c2)c2nc(C#N)cn12. The molecule has 31 heavy (non-hydrogen) atoms. The number of benzene rings is 1. The smallest absolute Gasteiger partial charge is 0.248 e. The van der Waals surface area contributed by atoms with Gasteiger partial charge in [-0.3, -0.25) is 9.20 Å². The monoisotopic (exact) mass is 416 g/mol. The van der Waals surface area contributed by atoms with Gasteiger partial charge in [0.15, 0.2) is 11.3 Å². The van der Waals surface area contributed by atoms with Crippen LogP contribution >= 0.6 is 0 Å². The van der Waals surface area contributed by atoms with Gasteiger partial charge in [0.1, 0.15) is 11.9 Å². The maximum absolute atomic E-state index is 14.6. The fourth-order valence-electron chi connectivity index (χ4n) is 3.72. The summed E-state index contributed by atoms with van der Waals surface area (Å²) in [5.74, 6) is 0.169. The highest BCUT2D eigenvalue weighted by Crippen LogP contribution is 2.26. The van der Waals surface area contributed by atoms with Gasteiger partial charge in [0.2, 0.25) is 11.5 Å². The van der Waals surface area contributed by atoms with Gasteiger partial charge in [-0.1, -0.05) is 19.4 Å². The molecule has 1 aromatic carbocycles. The van der Waals surface area contributed by atoms with Crippen LogP contribution in [0.15, 0.2) is 47.7 Å². The first-order valence-corrected chi connectivity index (χ1v) is 9.99. The Labute approximate surface area is 178 Å². The molecule has 8 heteroatoms. The third-order valence-electron chi connectivity index (χ3n) is 5.22. The first-order chi connectivity index (χ1) is 15.0. The molecule has 0 aliphatic carbocycles. The van der Waals surface area contributed by atoms with Crippen molar-refractivity contribution in [1.82, 2.24) is 19.4 Å². The van der Waals surface area contributed by atoms with Crippen molar-refractivity contribution in [2.45, 2.75) is 33.2 Å². The van der Waals surface area contributed by atoms with Crippen LogP contribution in [0.1, 0.15) is 35.7 Å². The molecule has 156 valence electrons. The predicted molar refractivity (Wildman–Crippen MR) is 116 cm³/mol. The summed E-state index contributed by atoms with van der Waals surface area (Å²) in [6, 6.07) is 8.50. The fourth-order valence-corrected chi connectivity index (χ4v) is 3.72. The minimum Gasteiger partial charge on any atom is -0.351 e. The largest absolute Gasteiger partial charge is 0.351 e. The van der Waals surface area contributed by atoms with Crippen molar-refractivity contribution < 1.29 is 4.39 Å². The van der Waals surface area contributed by atoms with Crippen molar-refractivity contribution >= 4 is 11.6 Å². The van der Waals surface area contributed by atoms with Gasteiger partial charge in [-0.25, -0.2) is 14.4 Å². The van der Waals surface area contributed by atoms with E-state index in [-0.39, 0.29) is 23.6 Å². The van der Waals surface area contributed by atoms with Crippen LogP contribution in [-0.2, 0) is 13.0 Å². The van der Waals surface area contributed by atoms with Crippen molar-refractivity contribution in [1.29, 1.82) is 5.26 Å². The fraction of sp³-hybridized carbons (Fsp3) is 0.217. The minimum atomic E-state index is -0.263. The van der Waals surface area contributed by atoms with E-state index in [1.165, 1.54) is 12.1 Å². The van der Waals surface area contributed by atoms with Gasteiger partial charge in [0, 0.05) is 36.1 Å². The van der Waals surface area contributed by atoms with E-state index in [1.54, 1.807) is 35.1 Å². The van der Waals surface area contributed by atoms with Crippen LogP contribution in [0.5, 0.6) is 0 Å². The molecule has 0 aliphatic heterocycles. The number of aryl methyl sites for hydroxylation is 1. The average Bonchev–Trinajstić information content (AvgIpc) is 3.20. The molecule has 4 rings (SSSR count). The van der Waals surface area contributed by atoms with Crippen LogP contribution in [0, 0.1) is 24.1 Å². The van der Waals surface area contributed by atoms with Crippen molar-refractivity contribution in [3.63, 3.8) is 0 Å². The predicted octanol–water partition coefficient (Wildman–Crippen LogP) is 3.97. The molecule has 3 aromatic heterocycles. The number of pyridine rings is 1. The Balaban J connectivity index is 1.76. The summed E-state index contributed by atoms with van der Waals surface area (Å²) in [6.07, 6.45) is 6.41. The number of rotatable bonds is 6. The Morgan fingerprint density at radius 2 is 2.13 bits per heavy atom. The number of aromatic nitrogens is 4. The quantitative estimate of drug-likeness (QED) is 0.496. The van der Waals surface area contributed by atoms with Crippen LogP contribution < -0.4 is 10.9 Å². The summed E-state index contributed by atoms with van der Waals surface area (Å²) in [5, 5.41) is 12.5. The van der Waals surface area contributed by atoms with E-state index in [0.717, 1.165) is 24.0 Å². The van der Waals surface area contributed by atoms with Gasteiger partial charge in [0.25, 0.3) is 0 Å². The summed E-state index contributed by atoms with van der Waals surface area (Å²) in [5.41, 5.74) is 4.37. The van der Waals surface area contributed by atoms with Gasteiger partial charge >= 0.3 is 0 Å². The van der Waals surface area contributed by atoms with Crippen molar-refractivity contribution in [2.75, 3.05) is 5.32 Å². The molecule has 0 saturated heterocycles. The molecule has 0 saturated carbocycles. The number of H-pyrrole nitrogens is 1. The zero-order valence-corrected chi connectivity index (χ0v) is 17.2. The minimum absolute atomic E-state index is 0.218. The second-order valence-corrected chi connectivity index (χ2v) is 7.29. The van der Waals surface area contributed by atoms with Crippen molar-refractivity contribution in [2.24, 2.45) is 0 Å². The van der Waals surface area contributed by atoms with Gasteiger partial charge in [0.05, 0.1) is 6.20 Å². The topological polar surface area (TPSA) is 98.9 Å². The van der Waals surface area contributed by atoms with E-state index in [9.17, 15) is 14.4 Å². The standard InChI is InChI=1S/C23H21FN6O/c1-3-4-17-14(2)5-6-20(24)19(17)12-28-23-27-11-18(15-7-8-26-21(31)9-15)22-29-16(10-25)13-30(22)23/h5-9,11,13H,3-4,12H2,1-2H3,(H,26,31)(H,27,28). The number of imidazole rings is 1. The number of nitrogens with one attached hydrogen (secondary N) is 2. The molecule has 7 nitrogen and oxygen atoms in total. The Hall–Kier alpha value is -3.99. The lowest BCUT2D eigenvalue weighted by atomic mass is 9.97. The number of hydrogen-bond acceptors (Lipinski definition) is 5. The van der Waals surface area contributed by atoms with Gasteiger partial charge in [-0.2, -0.15) is 5.26 Å². The summed E-state index contributed by atoms with van der Waals surface area (Å²) in [4.78, 5) is 23.1.